The van der Waals surface area contributed by atoms with Gasteiger partial charge in [0.15, 0.2) is 0 Å². The molecule has 4 rings (SSSR count). The maximum absolute atomic E-state index is 13.2. The summed E-state index contributed by atoms with van der Waals surface area (Å²) in [6.45, 7) is 2.55. The molecule has 2 aromatic carbocycles. The number of carbonyl (C=O) groups is 2. The van der Waals surface area contributed by atoms with Crippen molar-refractivity contribution in [3.63, 3.8) is 0 Å². The molecule has 0 bridgehead atoms. The summed E-state index contributed by atoms with van der Waals surface area (Å²) in [6, 6.07) is 12.2. The number of fused-ring (bicyclic) bond motifs is 1. The van der Waals surface area contributed by atoms with E-state index < -0.39 is 5.82 Å². The van der Waals surface area contributed by atoms with Crippen LogP contribution in [0, 0.1) is 5.82 Å². The summed E-state index contributed by atoms with van der Waals surface area (Å²) in [7, 11) is 0. The fourth-order valence-corrected chi connectivity index (χ4v) is 4.54. The standard InChI is InChI=1S/C23H25ClFN3O2/c24-20-14-17(25)8-9-19(20)23(30)28-12-10-27(11-13-28)15-22(29)26-21-7-3-5-16-4-1-2-6-18(16)21/h1-2,4,6,8-9,14,21H,3,5,7,10-13,15H2,(H,26,29). The smallest absolute Gasteiger partial charge is 0.255 e. The summed E-state index contributed by atoms with van der Waals surface area (Å²) in [5.74, 6) is -0.658. The monoisotopic (exact) mass is 429 g/mol. The number of halogens is 2. The van der Waals surface area contributed by atoms with E-state index in [0.717, 1.165) is 25.3 Å². The van der Waals surface area contributed by atoms with E-state index in [0.29, 0.717) is 38.3 Å². The third-order valence-electron chi connectivity index (χ3n) is 5.89. The third-order valence-corrected chi connectivity index (χ3v) is 6.21. The number of benzene rings is 2. The Hall–Kier alpha value is -2.44. The predicted molar refractivity (Wildman–Crippen MR) is 114 cm³/mol. The Kier molecular flexibility index (Phi) is 6.35. The Morgan fingerprint density at radius 3 is 2.63 bits per heavy atom. The van der Waals surface area contributed by atoms with Gasteiger partial charge in [-0.3, -0.25) is 14.5 Å². The molecule has 30 heavy (non-hydrogen) atoms. The van der Waals surface area contributed by atoms with E-state index in [1.165, 1.54) is 23.3 Å². The zero-order valence-corrected chi connectivity index (χ0v) is 17.5. The highest BCUT2D eigenvalue weighted by Crippen LogP contribution is 2.29. The van der Waals surface area contributed by atoms with Gasteiger partial charge in [0.05, 0.1) is 23.2 Å². The van der Waals surface area contributed by atoms with Crippen molar-refractivity contribution in [3.8, 4) is 0 Å². The fraction of sp³-hybridized carbons (Fsp3) is 0.391. The molecule has 1 heterocycles. The highest BCUT2D eigenvalue weighted by Gasteiger charge is 2.26. The maximum Gasteiger partial charge on any atom is 0.255 e. The second kappa shape index (κ2) is 9.14. The van der Waals surface area contributed by atoms with Crippen LogP contribution in [0.1, 0.15) is 40.4 Å². The molecule has 1 aliphatic heterocycles. The van der Waals surface area contributed by atoms with Crippen LogP contribution in [-0.4, -0.2) is 54.3 Å². The average Bonchev–Trinajstić information content (AvgIpc) is 2.74. The molecule has 7 heteroatoms. The van der Waals surface area contributed by atoms with Gasteiger partial charge in [-0.25, -0.2) is 4.39 Å². The molecule has 0 radical (unpaired) electrons. The SMILES string of the molecule is O=C(CN1CCN(C(=O)c2ccc(F)cc2Cl)CC1)NC1CCCc2ccccc21. The van der Waals surface area contributed by atoms with Crippen LogP contribution < -0.4 is 5.32 Å². The molecule has 2 aliphatic rings. The van der Waals surface area contributed by atoms with Crippen molar-refractivity contribution in [2.75, 3.05) is 32.7 Å². The molecule has 1 fully saturated rings. The first kappa shape index (κ1) is 20.8. The first-order valence-electron chi connectivity index (χ1n) is 10.3. The average molecular weight is 430 g/mol. The molecule has 158 valence electrons. The minimum atomic E-state index is -0.465. The lowest BCUT2D eigenvalue weighted by Gasteiger charge is -2.35. The van der Waals surface area contributed by atoms with Gasteiger partial charge in [-0.15, -0.1) is 0 Å². The van der Waals surface area contributed by atoms with Crippen LogP contribution in [-0.2, 0) is 11.2 Å². The lowest BCUT2D eigenvalue weighted by Crippen LogP contribution is -2.51. The minimum absolute atomic E-state index is 0.0121. The Morgan fingerprint density at radius 1 is 1.10 bits per heavy atom. The van der Waals surface area contributed by atoms with Gasteiger partial charge >= 0.3 is 0 Å². The van der Waals surface area contributed by atoms with E-state index >= 15 is 0 Å². The first-order chi connectivity index (χ1) is 14.5. The van der Waals surface area contributed by atoms with Gasteiger partial charge in [-0.05, 0) is 48.6 Å². The van der Waals surface area contributed by atoms with E-state index in [1.54, 1.807) is 4.90 Å². The number of hydrogen-bond donors (Lipinski definition) is 1. The summed E-state index contributed by atoms with van der Waals surface area (Å²) in [4.78, 5) is 29.0. The van der Waals surface area contributed by atoms with Crippen molar-refractivity contribution in [3.05, 3.63) is 70.0 Å². The molecule has 1 aliphatic carbocycles. The number of aryl methyl sites for hydroxylation is 1. The van der Waals surface area contributed by atoms with Crippen LogP contribution in [0.3, 0.4) is 0 Å². The number of hydrogen-bond acceptors (Lipinski definition) is 3. The van der Waals surface area contributed by atoms with Crippen LogP contribution in [0.5, 0.6) is 0 Å². The number of amides is 2. The van der Waals surface area contributed by atoms with Crippen molar-refractivity contribution >= 4 is 23.4 Å². The quantitative estimate of drug-likeness (QED) is 0.810. The Bertz CT molecular complexity index is 944. The van der Waals surface area contributed by atoms with Crippen LogP contribution in [0.15, 0.2) is 42.5 Å². The molecular formula is C23H25ClFN3O2. The van der Waals surface area contributed by atoms with Gasteiger partial charge in [0.1, 0.15) is 5.82 Å². The molecule has 0 saturated carbocycles. The number of nitrogens with zero attached hydrogens (tertiary/aromatic N) is 2. The minimum Gasteiger partial charge on any atom is -0.348 e. The summed E-state index contributed by atoms with van der Waals surface area (Å²) >= 11 is 6.02. The molecule has 2 aromatic rings. The predicted octanol–water partition coefficient (Wildman–Crippen LogP) is 3.43. The van der Waals surface area contributed by atoms with E-state index in [-0.39, 0.29) is 22.9 Å². The highest BCUT2D eigenvalue weighted by atomic mass is 35.5. The fourth-order valence-electron chi connectivity index (χ4n) is 4.29. The van der Waals surface area contributed by atoms with Crippen molar-refractivity contribution in [2.24, 2.45) is 0 Å². The number of rotatable bonds is 4. The van der Waals surface area contributed by atoms with E-state index in [9.17, 15) is 14.0 Å². The third kappa shape index (κ3) is 4.65. The van der Waals surface area contributed by atoms with Gasteiger partial charge in [-0.2, -0.15) is 0 Å². The summed E-state index contributed by atoms with van der Waals surface area (Å²) in [5, 5.41) is 3.30. The van der Waals surface area contributed by atoms with Crippen molar-refractivity contribution in [1.82, 2.24) is 15.1 Å². The molecule has 5 nitrogen and oxygen atoms in total. The lowest BCUT2D eigenvalue weighted by molar-refractivity contribution is -0.123. The van der Waals surface area contributed by atoms with E-state index in [4.69, 9.17) is 11.6 Å². The summed E-state index contributed by atoms with van der Waals surface area (Å²) in [5.41, 5.74) is 2.85. The molecule has 1 atom stereocenters. The van der Waals surface area contributed by atoms with Crippen LogP contribution in [0.2, 0.25) is 5.02 Å². The van der Waals surface area contributed by atoms with Gasteiger partial charge in [0.25, 0.3) is 5.91 Å². The summed E-state index contributed by atoms with van der Waals surface area (Å²) in [6.07, 6.45) is 3.11. The molecule has 1 saturated heterocycles. The van der Waals surface area contributed by atoms with E-state index in [2.05, 4.69) is 22.3 Å². The molecule has 0 spiro atoms. The van der Waals surface area contributed by atoms with Crippen molar-refractivity contribution in [1.29, 1.82) is 0 Å². The lowest BCUT2D eigenvalue weighted by atomic mass is 9.88. The Labute approximate surface area is 180 Å². The molecule has 1 unspecified atom stereocenters. The molecule has 2 amide bonds. The van der Waals surface area contributed by atoms with Gasteiger partial charge in [0, 0.05) is 26.2 Å². The Morgan fingerprint density at radius 2 is 1.87 bits per heavy atom. The van der Waals surface area contributed by atoms with Gasteiger partial charge < -0.3 is 10.2 Å². The molecular weight excluding hydrogens is 405 g/mol. The zero-order valence-electron chi connectivity index (χ0n) is 16.7. The topological polar surface area (TPSA) is 52.7 Å². The van der Waals surface area contributed by atoms with Crippen LogP contribution in [0.25, 0.3) is 0 Å². The normalized spacial score (nSPS) is 19.3. The Balaban J connectivity index is 1.29. The second-order valence-corrected chi connectivity index (χ2v) is 8.31. The molecule has 0 aromatic heterocycles. The number of piperazine rings is 1. The van der Waals surface area contributed by atoms with Crippen molar-refractivity contribution in [2.45, 2.75) is 25.3 Å². The highest BCUT2D eigenvalue weighted by molar-refractivity contribution is 6.33. The van der Waals surface area contributed by atoms with Crippen LogP contribution in [0.4, 0.5) is 4.39 Å². The van der Waals surface area contributed by atoms with E-state index in [1.807, 2.05) is 12.1 Å². The number of carbonyl (C=O) groups excluding carboxylic acids is 2. The van der Waals surface area contributed by atoms with Crippen LogP contribution >= 0.6 is 11.6 Å². The maximum atomic E-state index is 13.2. The summed E-state index contributed by atoms with van der Waals surface area (Å²) < 4.78 is 13.2. The first-order valence-corrected chi connectivity index (χ1v) is 10.7. The van der Waals surface area contributed by atoms with Gasteiger partial charge in [-0.1, -0.05) is 35.9 Å². The zero-order chi connectivity index (χ0) is 21.1. The number of nitrogens with one attached hydrogen (secondary N) is 1. The van der Waals surface area contributed by atoms with Gasteiger partial charge in [0.2, 0.25) is 5.91 Å². The van der Waals surface area contributed by atoms with Crippen molar-refractivity contribution < 1.29 is 14.0 Å². The largest absolute Gasteiger partial charge is 0.348 e. The molecule has 1 N–H and O–H groups in total. The second-order valence-electron chi connectivity index (χ2n) is 7.90.